The average molecular weight is 555 g/mol. The minimum Gasteiger partial charge on any atom is -0.507 e. The lowest BCUT2D eigenvalue weighted by Crippen LogP contribution is -2.44. The summed E-state index contributed by atoms with van der Waals surface area (Å²) in [4.78, 5) is 30.8. The number of carbonyl (C=O) groups excluding carboxylic acids is 2. The number of aromatic hydroxyl groups is 4. The van der Waals surface area contributed by atoms with Crippen LogP contribution < -0.4 is 9.80 Å². The van der Waals surface area contributed by atoms with E-state index >= 15 is 0 Å². The fourth-order valence-corrected chi connectivity index (χ4v) is 5.40. The van der Waals surface area contributed by atoms with Crippen molar-refractivity contribution >= 4 is 22.9 Å². The maximum absolute atomic E-state index is 13.3. The molecule has 1 aliphatic rings. The zero-order valence-corrected chi connectivity index (χ0v) is 24.4. The van der Waals surface area contributed by atoms with Crippen LogP contribution in [0.25, 0.3) is 0 Å². The first-order valence-electron chi connectivity index (χ1n) is 14.9. The number of hydrogen-bond acceptors (Lipinski definition) is 8. The van der Waals surface area contributed by atoms with Crippen LogP contribution in [-0.2, 0) is 9.59 Å². The zero-order chi connectivity index (χ0) is 29.4. The van der Waals surface area contributed by atoms with E-state index in [1.807, 2.05) is 0 Å². The van der Waals surface area contributed by atoms with E-state index in [9.17, 15) is 30.0 Å². The average Bonchev–Trinajstić information content (AvgIpc) is 2.92. The number of unbranched alkanes of at least 4 members (excludes halogenated alkanes) is 4. The van der Waals surface area contributed by atoms with Gasteiger partial charge in [0.25, 0.3) is 0 Å². The van der Waals surface area contributed by atoms with Crippen LogP contribution in [0.15, 0.2) is 24.3 Å². The number of benzene rings is 2. The van der Waals surface area contributed by atoms with Crippen molar-refractivity contribution in [2.75, 3.05) is 36.0 Å². The first kappa shape index (κ1) is 31.1. The maximum atomic E-state index is 13.3. The summed E-state index contributed by atoms with van der Waals surface area (Å²) >= 11 is 0. The molecular weight excluding hydrogens is 508 g/mol. The summed E-state index contributed by atoms with van der Waals surface area (Å²) in [6.07, 6.45) is 7.82. The lowest BCUT2D eigenvalue weighted by Gasteiger charge is -2.34. The summed E-state index contributed by atoms with van der Waals surface area (Å²) in [5.41, 5.74) is 1.03. The molecule has 0 atom stereocenters. The molecule has 2 aromatic carbocycles. The van der Waals surface area contributed by atoms with E-state index < -0.39 is 23.4 Å². The molecule has 0 unspecified atom stereocenters. The lowest BCUT2D eigenvalue weighted by atomic mass is 9.65. The molecule has 3 rings (SSSR count). The molecular formula is C32H46N2O6. The highest BCUT2D eigenvalue weighted by Crippen LogP contribution is 2.52. The van der Waals surface area contributed by atoms with Crippen molar-refractivity contribution in [2.24, 2.45) is 0 Å². The summed E-state index contributed by atoms with van der Waals surface area (Å²) in [5, 5.41) is 43.4. The van der Waals surface area contributed by atoms with Crippen LogP contribution in [0.5, 0.6) is 23.0 Å². The van der Waals surface area contributed by atoms with E-state index in [-0.39, 0.29) is 34.1 Å². The van der Waals surface area contributed by atoms with Gasteiger partial charge < -0.3 is 30.2 Å². The molecule has 1 fully saturated rings. The van der Waals surface area contributed by atoms with Gasteiger partial charge in [0.15, 0.2) is 11.6 Å². The molecule has 8 nitrogen and oxygen atoms in total. The van der Waals surface area contributed by atoms with Gasteiger partial charge in [0, 0.05) is 61.8 Å². The minimum atomic E-state index is -1.36. The third kappa shape index (κ3) is 6.65. The molecule has 2 aromatic rings. The van der Waals surface area contributed by atoms with E-state index in [0.29, 0.717) is 11.4 Å². The number of phenolic OH excluding ortho intramolecular Hbond substituents is 4. The molecule has 0 bridgehead atoms. The van der Waals surface area contributed by atoms with Gasteiger partial charge in [-0.3, -0.25) is 9.59 Å². The topological polar surface area (TPSA) is 122 Å². The highest BCUT2D eigenvalue weighted by atomic mass is 16.3. The Hall–Kier alpha value is -3.42. The van der Waals surface area contributed by atoms with E-state index in [1.54, 1.807) is 0 Å². The van der Waals surface area contributed by atoms with Crippen molar-refractivity contribution in [3.63, 3.8) is 0 Å². The van der Waals surface area contributed by atoms with E-state index in [0.717, 1.165) is 77.5 Å². The number of ketones is 2. The van der Waals surface area contributed by atoms with Gasteiger partial charge in [-0.05, 0) is 25.7 Å². The third-order valence-electron chi connectivity index (χ3n) is 7.81. The molecule has 8 heteroatoms. The molecule has 1 saturated carbocycles. The SMILES string of the molecule is CCCCN(CCCC)c1cc(O)c(C2C(=O)C(c3c(O)cc(N(CCCC)CCCC)cc3O)C2=O)c(O)c1. The number of phenols is 4. The van der Waals surface area contributed by atoms with Crippen molar-refractivity contribution in [1.82, 2.24) is 0 Å². The molecule has 0 aromatic heterocycles. The quantitative estimate of drug-likeness (QED) is 0.177. The van der Waals surface area contributed by atoms with Crippen molar-refractivity contribution in [2.45, 2.75) is 90.9 Å². The number of hydrogen-bond donors (Lipinski definition) is 4. The second kappa shape index (κ2) is 14.3. The normalized spacial score (nSPS) is 16.7. The predicted octanol–water partition coefficient (Wildman–Crippen LogP) is 6.34. The van der Waals surface area contributed by atoms with Crippen LogP contribution in [0.1, 0.15) is 102 Å². The molecule has 1 aliphatic carbocycles. The Balaban J connectivity index is 1.87. The summed E-state index contributed by atoms with van der Waals surface area (Å²) in [6.45, 7) is 11.4. The Kier molecular flexibility index (Phi) is 11.1. The Morgan fingerprint density at radius 3 is 1.00 bits per heavy atom. The zero-order valence-electron chi connectivity index (χ0n) is 24.4. The fourth-order valence-electron chi connectivity index (χ4n) is 5.40. The molecule has 4 N–H and O–H groups in total. The van der Waals surface area contributed by atoms with Crippen LogP contribution in [0, 0.1) is 0 Å². The third-order valence-corrected chi connectivity index (χ3v) is 7.81. The van der Waals surface area contributed by atoms with E-state index in [1.165, 1.54) is 24.3 Å². The van der Waals surface area contributed by atoms with Gasteiger partial charge in [0.05, 0.1) is 11.1 Å². The summed E-state index contributed by atoms with van der Waals surface area (Å²) < 4.78 is 0. The second-order valence-corrected chi connectivity index (χ2v) is 10.9. The molecule has 0 spiro atoms. The molecule has 0 radical (unpaired) electrons. The predicted molar refractivity (Wildman–Crippen MR) is 159 cm³/mol. The van der Waals surface area contributed by atoms with E-state index in [4.69, 9.17) is 0 Å². The van der Waals surface area contributed by atoms with Gasteiger partial charge in [-0.1, -0.05) is 53.4 Å². The number of carbonyl (C=O) groups is 2. The number of anilines is 2. The van der Waals surface area contributed by atoms with Gasteiger partial charge in [-0.25, -0.2) is 0 Å². The number of nitrogens with zero attached hydrogens (tertiary/aromatic N) is 2. The summed E-state index contributed by atoms with van der Waals surface area (Å²) in [5.74, 6) is -5.14. The Morgan fingerprint density at radius 1 is 0.525 bits per heavy atom. The Morgan fingerprint density at radius 2 is 0.775 bits per heavy atom. The lowest BCUT2D eigenvalue weighted by molar-refractivity contribution is -0.142. The van der Waals surface area contributed by atoms with Crippen LogP contribution in [0.2, 0.25) is 0 Å². The van der Waals surface area contributed by atoms with Crippen LogP contribution >= 0.6 is 0 Å². The molecule has 0 aliphatic heterocycles. The van der Waals surface area contributed by atoms with Crippen LogP contribution in [-0.4, -0.2) is 58.2 Å². The molecule has 40 heavy (non-hydrogen) atoms. The van der Waals surface area contributed by atoms with Gasteiger partial charge >= 0.3 is 0 Å². The molecule has 0 saturated heterocycles. The monoisotopic (exact) mass is 554 g/mol. The van der Waals surface area contributed by atoms with Crippen molar-refractivity contribution in [3.8, 4) is 23.0 Å². The van der Waals surface area contributed by atoms with Crippen LogP contribution in [0.3, 0.4) is 0 Å². The Labute approximate surface area is 238 Å². The molecule has 0 heterocycles. The van der Waals surface area contributed by atoms with Gasteiger partial charge in [-0.15, -0.1) is 0 Å². The van der Waals surface area contributed by atoms with Gasteiger partial charge in [0.2, 0.25) is 0 Å². The standard InChI is InChI=1S/C32H46N2O6/c1-5-9-13-33(14-10-6-2)21-17-23(35)27(24(36)18-21)29-31(39)30(32(29)40)28-25(37)19-22(20-26(28)38)34(15-11-7-3)16-12-8-4/h17-20,29-30,35-38H,5-16H2,1-4H3. The van der Waals surface area contributed by atoms with Gasteiger partial charge in [0.1, 0.15) is 34.8 Å². The Bertz CT molecular complexity index is 1010. The number of rotatable bonds is 16. The maximum Gasteiger partial charge on any atom is 0.163 e. The smallest absolute Gasteiger partial charge is 0.163 e. The van der Waals surface area contributed by atoms with Crippen LogP contribution in [0.4, 0.5) is 11.4 Å². The highest BCUT2D eigenvalue weighted by molar-refractivity contribution is 6.32. The summed E-state index contributed by atoms with van der Waals surface area (Å²) in [7, 11) is 0. The highest BCUT2D eigenvalue weighted by Gasteiger charge is 2.54. The fraction of sp³-hybridized carbons (Fsp3) is 0.562. The largest absolute Gasteiger partial charge is 0.507 e. The molecule has 0 amide bonds. The minimum absolute atomic E-state index is 0.123. The van der Waals surface area contributed by atoms with Gasteiger partial charge in [-0.2, -0.15) is 0 Å². The molecule has 220 valence electrons. The number of Topliss-reactive ketones (excluding diaryl/α,β-unsaturated/α-hetero) is 2. The second-order valence-electron chi connectivity index (χ2n) is 10.9. The van der Waals surface area contributed by atoms with Crippen molar-refractivity contribution in [1.29, 1.82) is 0 Å². The first-order chi connectivity index (χ1) is 19.2. The summed E-state index contributed by atoms with van der Waals surface area (Å²) in [6, 6.07) is 6.00. The van der Waals surface area contributed by atoms with Crippen molar-refractivity contribution < 1.29 is 30.0 Å². The van der Waals surface area contributed by atoms with E-state index in [2.05, 4.69) is 37.5 Å². The first-order valence-corrected chi connectivity index (χ1v) is 14.9. The van der Waals surface area contributed by atoms with Crippen molar-refractivity contribution in [3.05, 3.63) is 35.4 Å².